The van der Waals surface area contributed by atoms with Crippen molar-refractivity contribution in [3.05, 3.63) is 41.5 Å². The SMILES string of the molecule is CC(C)=CCOc1ccc(C(O)C(C)O)cc1. The highest BCUT2D eigenvalue weighted by atomic mass is 16.5. The fourth-order valence-corrected chi connectivity index (χ4v) is 1.34. The van der Waals surface area contributed by atoms with E-state index in [1.165, 1.54) is 5.57 Å². The highest BCUT2D eigenvalue weighted by Crippen LogP contribution is 2.20. The molecule has 0 aromatic heterocycles. The van der Waals surface area contributed by atoms with Crippen LogP contribution in [0.4, 0.5) is 0 Å². The number of allylic oxidation sites excluding steroid dienone is 1. The lowest BCUT2D eigenvalue weighted by atomic mass is 10.1. The molecular weight excluding hydrogens is 216 g/mol. The molecule has 0 saturated heterocycles. The van der Waals surface area contributed by atoms with E-state index in [0.717, 1.165) is 5.75 Å². The maximum absolute atomic E-state index is 9.64. The summed E-state index contributed by atoms with van der Waals surface area (Å²) in [5, 5.41) is 18.9. The standard InChI is InChI=1S/C14H20O3/c1-10(2)8-9-17-13-6-4-12(5-7-13)14(16)11(3)15/h4-8,11,14-16H,9H2,1-3H3. The van der Waals surface area contributed by atoms with E-state index in [-0.39, 0.29) is 0 Å². The second kappa shape index (κ2) is 6.42. The van der Waals surface area contributed by atoms with Crippen LogP contribution in [0.2, 0.25) is 0 Å². The summed E-state index contributed by atoms with van der Waals surface area (Å²) in [7, 11) is 0. The second-order valence-corrected chi connectivity index (χ2v) is 4.35. The van der Waals surface area contributed by atoms with Gasteiger partial charge >= 0.3 is 0 Å². The molecule has 1 rings (SSSR count). The van der Waals surface area contributed by atoms with Crippen molar-refractivity contribution in [2.45, 2.75) is 33.0 Å². The minimum atomic E-state index is -0.846. The van der Waals surface area contributed by atoms with Gasteiger partial charge in [0.1, 0.15) is 18.5 Å². The van der Waals surface area contributed by atoms with Crippen LogP contribution in [-0.2, 0) is 0 Å². The molecule has 3 nitrogen and oxygen atoms in total. The predicted molar refractivity (Wildman–Crippen MR) is 68.0 cm³/mol. The van der Waals surface area contributed by atoms with Crippen molar-refractivity contribution in [1.29, 1.82) is 0 Å². The van der Waals surface area contributed by atoms with Gasteiger partial charge < -0.3 is 14.9 Å². The zero-order valence-corrected chi connectivity index (χ0v) is 10.6. The monoisotopic (exact) mass is 236 g/mol. The van der Waals surface area contributed by atoms with E-state index in [2.05, 4.69) is 0 Å². The molecule has 0 fully saturated rings. The summed E-state index contributed by atoms with van der Waals surface area (Å²) in [6.45, 7) is 6.14. The van der Waals surface area contributed by atoms with Crippen LogP contribution in [0.25, 0.3) is 0 Å². The number of hydrogen-bond acceptors (Lipinski definition) is 3. The summed E-state index contributed by atoms with van der Waals surface area (Å²) < 4.78 is 5.49. The number of hydrogen-bond donors (Lipinski definition) is 2. The average Bonchev–Trinajstić information content (AvgIpc) is 2.28. The number of rotatable bonds is 5. The Morgan fingerprint density at radius 1 is 1.24 bits per heavy atom. The number of aliphatic hydroxyl groups excluding tert-OH is 2. The minimum Gasteiger partial charge on any atom is -0.490 e. The highest BCUT2D eigenvalue weighted by Gasteiger charge is 2.12. The molecule has 0 heterocycles. The van der Waals surface area contributed by atoms with E-state index in [1.54, 1.807) is 31.2 Å². The van der Waals surface area contributed by atoms with Crippen molar-refractivity contribution in [1.82, 2.24) is 0 Å². The molecule has 0 radical (unpaired) electrons. The van der Waals surface area contributed by atoms with E-state index in [4.69, 9.17) is 4.74 Å². The number of aliphatic hydroxyl groups is 2. The van der Waals surface area contributed by atoms with Crippen molar-refractivity contribution >= 4 is 0 Å². The Kier molecular flexibility index (Phi) is 5.19. The van der Waals surface area contributed by atoms with Crippen LogP contribution in [0, 0.1) is 0 Å². The first-order valence-electron chi connectivity index (χ1n) is 5.73. The van der Waals surface area contributed by atoms with Gasteiger partial charge in [0.15, 0.2) is 0 Å². The molecule has 1 aromatic rings. The first-order chi connectivity index (χ1) is 8.00. The van der Waals surface area contributed by atoms with Gasteiger partial charge in [0, 0.05) is 0 Å². The van der Waals surface area contributed by atoms with E-state index in [0.29, 0.717) is 12.2 Å². The lowest BCUT2D eigenvalue weighted by molar-refractivity contribution is 0.0305. The molecule has 0 aliphatic heterocycles. The number of benzene rings is 1. The summed E-state index contributed by atoms with van der Waals surface area (Å²) in [4.78, 5) is 0. The van der Waals surface area contributed by atoms with Gasteiger partial charge in [-0.05, 0) is 44.5 Å². The summed E-state index contributed by atoms with van der Waals surface area (Å²) in [5.41, 5.74) is 1.90. The maximum atomic E-state index is 9.64. The topological polar surface area (TPSA) is 49.7 Å². The van der Waals surface area contributed by atoms with E-state index in [1.807, 2.05) is 19.9 Å². The van der Waals surface area contributed by atoms with Gasteiger partial charge in [0.25, 0.3) is 0 Å². The van der Waals surface area contributed by atoms with E-state index >= 15 is 0 Å². The normalized spacial score (nSPS) is 13.9. The lowest BCUT2D eigenvalue weighted by Crippen LogP contribution is -2.13. The van der Waals surface area contributed by atoms with Crippen LogP contribution in [-0.4, -0.2) is 22.9 Å². The molecule has 2 unspecified atom stereocenters. The molecule has 0 saturated carbocycles. The third kappa shape index (κ3) is 4.59. The van der Waals surface area contributed by atoms with Crippen molar-refractivity contribution < 1.29 is 14.9 Å². The number of ether oxygens (including phenoxy) is 1. The largest absolute Gasteiger partial charge is 0.490 e. The molecule has 3 heteroatoms. The van der Waals surface area contributed by atoms with Gasteiger partial charge in [-0.25, -0.2) is 0 Å². The van der Waals surface area contributed by atoms with Crippen LogP contribution in [0.1, 0.15) is 32.4 Å². The van der Waals surface area contributed by atoms with E-state index in [9.17, 15) is 10.2 Å². The van der Waals surface area contributed by atoms with E-state index < -0.39 is 12.2 Å². The van der Waals surface area contributed by atoms with Gasteiger partial charge in [0.2, 0.25) is 0 Å². The van der Waals surface area contributed by atoms with Crippen molar-refractivity contribution in [2.24, 2.45) is 0 Å². The lowest BCUT2D eigenvalue weighted by Gasteiger charge is -2.14. The third-order valence-electron chi connectivity index (χ3n) is 2.42. The van der Waals surface area contributed by atoms with Gasteiger partial charge in [0.05, 0.1) is 6.10 Å². The van der Waals surface area contributed by atoms with Crippen LogP contribution < -0.4 is 4.74 Å². The second-order valence-electron chi connectivity index (χ2n) is 4.35. The molecule has 17 heavy (non-hydrogen) atoms. The Balaban J connectivity index is 2.59. The average molecular weight is 236 g/mol. The van der Waals surface area contributed by atoms with Crippen molar-refractivity contribution in [3.63, 3.8) is 0 Å². The first kappa shape index (κ1) is 13.7. The summed E-state index contributed by atoms with van der Waals surface area (Å²) >= 11 is 0. The fourth-order valence-electron chi connectivity index (χ4n) is 1.34. The van der Waals surface area contributed by atoms with Crippen LogP contribution >= 0.6 is 0 Å². The van der Waals surface area contributed by atoms with Crippen LogP contribution in [0.15, 0.2) is 35.9 Å². The predicted octanol–water partition coefficient (Wildman–Crippen LogP) is 2.45. The fraction of sp³-hybridized carbons (Fsp3) is 0.429. The van der Waals surface area contributed by atoms with Crippen molar-refractivity contribution in [2.75, 3.05) is 6.61 Å². The highest BCUT2D eigenvalue weighted by molar-refractivity contribution is 5.29. The molecule has 0 aliphatic carbocycles. The van der Waals surface area contributed by atoms with Gasteiger partial charge in [-0.3, -0.25) is 0 Å². The Labute approximate surface area is 102 Å². The summed E-state index contributed by atoms with van der Waals surface area (Å²) in [5.74, 6) is 0.754. The third-order valence-corrected chi connectivity index (χ3v) is 2.42. The van der Waals surface area contributed by atoms with Crippen LogP contribution in [0.3, 0.4) is 0 Å². The molecule has 0 amide bonds. The molecule has 0 bridgehead atoms. The Hall–Kier alpha value is -1.32. The van der Waals surface area contributed by atoms with Crippen LogP contribution in [0.5, 0.6) is 5.75 Å². The Morgan fingerprint density at radius 2 is 1.82 bits per heavy atom. The molecule has 0 aliphatic rings. The zero-order valence-electron chi connectivity index (χ0n) is 10.6. The first-order valence-corrected chi connectivity index (χ1v) is 5.73. The maximum Gasteiger partial charge on any atom is 0.119 e. The summed E-state index contributed by atoms with van der Waals surface area (Å²) in [6.07, 6.45) is 0.382. The zero-order chi connectivity index (χ0) is 12.8. The Bertz CT molecular complexity index is 362. The smallest absolute Gasteiger partial charge is 0.119 e. The molecular formula is C14H20O3. The molecule has 0 spiro atoms. The molecule has 2 atom stereocenters. The minimum absolute atomic E-state index is 0.542. The molecule has 2 N–H and O–H groups in total. The van der Waals surface area contributed by atoms with Gasteiger partial charge in [-0.1, -0.05) is 17.7 Å². The summed E-state index contributed by atoms with van der Waals surface area (Å²) in [6, 6.07) is 7.10. The van der Waals surface area contributed by atoms with Gasteiger partial charge in [-0.2, -0.15) is 0 Å². The van der Waals surface area contributed by atoms with Crippen molar-refractivity contribution in [3.8, 4) is 5.75 Å². The quantitative estimate of drug-likeness (QED) is 0.772. The van der Waals surface area contributed by atoms with Gasteiger partial charge in [-0.15, -0.1) is 0 Å². The molecule has 94 valence electrons. The Morgan fingerprint density at radius 3 is 2.29 bits per heavy atom. The molecule has 1 aromatic carbocycles.